The third-order valence-electron chi connectivity index (χ3n) is 1.23. The first kappa shape index (κ1) is 11.4. The van der Waals surface area contributed by atoms with Gasteiger partial charge in [-0.1, -0.05) is 18.2 Å². The Morgan fingerprint density at radius 1 is 1.08 bits per heavy atom. The maximum Gasteiger partial charge on any atom is 0.177 e. The van der Waals surface area contributed by atoms with Gasteiger partial charge in [0.05, 0.1) is 0 Å². The van der Waals surface area contributed by atoms with Crippen LogP contribution in [0.15, 0.2) is 24.3 Å². The van der Waals surface area contributed by atoms with Crippen LogP contribution in [0.3, 0.4) is 0 Å². The van der Waals surface area contributed by atoms with Crippen molar-refractivity contribution < 1.29 is 9.47 Å². The van der Waals surface area contributed by atoms with Crippen molar-refractivity contribution in [3.05, 3.63) is 24.3 Å². The molecule has 0 aliphatic heterocycles. The number of allylic oxidation sites excluding steroid dienone is 3. The van der Waals surface area contributed by atoms with Crippen LogP contribution in [0.25, 0.3) is 0 Å². The lowest BCUT2D eigenvalue weighted by Crippen LogP contribution is -2.13. The molecule has 0 aromatic carbocycles. The first-order chi connectivity index (χ1) is 5.85. The van der Waals surface area contributed by atoms with E-state index in [1.807, 2.05) is 45.1 Å². The first-order valence-electron chi connectivity index (χ1n) is 4.37. The average molecular weight is 170 g/mol. The SMILES string of the molecule is C/C=C/C=C/C(OCC)OCC. The van der Waals surface area contributed by atoms with Crippen LogP contribution in [0.5, 0.6) is 0 Å². The summed E-state index contributed by atoms with van der Waals surface area (Å²) in [6.45, 7) is 7.22. The molecule has 70 valence electrons. The second-order valence-corrected chi connectivity index (χ2v) is 2.19. The van der Waals surface area contributed by atoms with E-state index in [0.29, 0.717) is 13.2 Å². The predicted molar refractivity (Wildman–Crippen MR) is 51.0 cm³/mol. The molecular formula is C10H18O2. The van der Waals surface area contributed by atoms with Crippen LogP contribution >= 0.6 is 0 Å². The Morgan fingerprint density at radius 3 is 2.08 bits per heavy atom. The van der Waals surface area contributed by atoms with Crippen LogP contribution in [0, 0.1) is 0 Å². The molecule has 2 nitrogen and oxygen atoms in total. The smallest absolute Gasteiger partial charge is 0.177 e. The van der Waals surface area contributed by atoms with Crippen molar-refractivity contribution in [2.45, 2.75) is 27.1 Å². The van der Waals surface area contributed by atoms with Gasteiger partial charge in [-0.25, -0.2) is 0 Å². The van der Waals surface area contributed by atoms with Crippen molar-refractivity contribution in [1.82, 2.24) is 0 Å². The van der Waals surface area contributed by atoms with Gasteiger partial charge in [0, 0.05) is 13.2 Å². The zero-order valence-corrected chi connectivity index (χ0v) is 8.12. The van der Waals surface area contributed by atoms with Crippen LogP contribution in [-0.4, -0.2) is 19.5 Å². The Balaban J connectivity index is 3.75. The molecule has 0 saturated carbocycles. The van der Waals surface area contributed by atoms with Crippen molar-refractivity contribution >= 4 is 0 Å². The summed E-state index contributed by atoms with van der Waals surface area (Å²) in [6, 6.07) is 0. The quantitative estimate of drug-likeness (QED) is 0.450. The lowest BCUT2D eigenvalue weighted by atomic mass is 10.4. The van der Waals surface area contributed by atoms with E-state index in [-0.39, 0.29) is 6.29 Å². The largest absolute Gasteiger partial charge is 0.349 e. The summed E-state index contributed by atoms with van der Waals surface area (Å²) < 4.78 is 10.6. The van der Waals surface area contributed by atoms with Crippen LogP contribution in [-0.2, 0) is 9.47 Å². The first-order valence-corrected chi connectivity index (χ1v) is 4.37. The molecule has 2 heteroatoms. The molecule has 0 fully saturated rings. The third kappa shape index (κ3) is 6.13. The minimum atomic E-state index is -0.198. The zero-order chi connectivity index (χ0) is 9.23. The van der Waals surface area contributed by atoms with E-state index in [1.165, 1.54) is 0 Å². The van der Waals surface area contributed by atoms with E-state index in [1.54, 1.807) is 0 Å². The van der Waals surface area contributed by atoms with Crippen molar-refractivity contribution in [3.8, 4) is 0 Å². The fourth-order valence-corrected chi connectivity index (χ4v) is 0.754. The second-order valence-electron chi connectivity index (χ2n) is 2.19. The molecule has 0 atom stereocenters. The van der Waals surface area contributed by atoms with Crippen LogP contribution in [0.2, 0.25) is 0 Å². The number of hydrogen-bond acceptors (Lipinski definition) is 2. The van der Waals surface area contributed by atoms with Crippen molar-refractivity contribution in [3.63, 3.8) is 0 Å². The summed E-state index contributed by atoms with van der Waals surface area (Å²) in [6.07, 6.45) is 7.54. The van der Waals surface area contributed by atoms with Crippen molar-refractivity contribution in [1.29, 1.82) is 0 Å². The minimum Gasteiger partial charge on any atom is -0.349 e. The zero-order valence-electron chi connectivity index (χ0n) is 8.12. The molecule has 0 spiro atoms. The molecule has 0 unspecified atom stereocenters. The lowest BCUT2D eigenvalue weighted by molar-refractivity contribution is -0.103. The monoisotopic (exact) mass is 170 g/mol. The number of hydrogen-bond donors (Lipinski definition) is 0. The molecule has 0 radical (unpaired) electrons. The molecular weight excluding hydrogens is 152 g/mol. The molecule has 0 aromatic rings. The molecule has 12 heavy (non-hydrogen) atoms. The van der Waals surface area contributed by atoms with E-state index in [2.05, 4.69) is 0 Å². The fourth-order valence-electron chi connectivity index (χ4n) is 0.754. The van der Waals surface area contributed by atoms with Gasteiger partial charge in [0.25, 0.3) is 0 Å². The maximum atomic E-state index is 5.29. The lowest BCUT2D eigenvalue weighted by Gasteiger charge is -2.11. The molecule has 0 rings (SSSR count). The summed E-state index contributed by atoms with van der Waals surface area (Å²) in [5.74, 6) is 0. The molecule has 0 heterocycles. The van der Waals surface area contributed by atoms with E-state index in [0.717, 1.165) is 0 Å². The maximum absolute atomic E-state index is 5.29. The molecule has 0 saturated heterocycles. The summed E-state index contributed by atoms with van der Waals surface area (Å²) in [5, 5.41) is 0. The van der Waals surface area contributed by atoms with Crippen LogP contribution < -0.4 is 0 Å². The van der Waals surface area contributed by atoms with Crippen LogP contribution in [0.1, 0.15) is 20.8 Å². The summed E-state index contributed by atoms with van der Waals surface area (Å²) >= 11 is 0. The van der Waals surface area contributed by atoms with E-state index < -0.39 is 0 Å². The Labute approximate surface area is 74.9 Å². The van der Waals surface area contributed by atoms with Gasteiger partial charge in [0.2, 0.25) is 0 Å². The summed E-state index contributed by atoms with van der Waals surface area (Å²) in [4.78, 5) is 0. The van der Waals surface area contributed by atoms with E-state index >= 15 is 0 Å². The second kappa shape index (κ2) is 8.50. The minimum absolute atomic E-state index is 0.198. The normalized spacial score (nSPS) is 12.3. The highest BCUT2D eigenvalue weighted by Gasteiger charge is 1.99. The fraction of sp³-hybridized carbons (Fsp3) is 0.600. The molecule has 0 amide bonds. The molecule has 0 bridgehead atoms. The molecule has 0 aromatic heterocycles. The van der Waals surface area contributed by atoms with Crippen LogP contribution in [0.4, 0.5) is 0 Å². The molecule has 0 N–H and O–H groups in total. The van der Waals surface area contributed by atoms with Gasteiger partial charge < -0.3 is 9.47 Å². The Hall–Kier alpha value is -0.600. The number of rotatable bonds is 6. The average Bonchev–Trinajstić information content (AvgIpc) is 2.06. The number of ether oxygens (including phenoxy) is 2. The Morgan fingerprint density at radius 2 is 1.67 bits per heavy atom. The Kier molecular flexibility index (Phi) is 8.07. The van der Waals surface area contributed by atoms with Gasteiger partial charge in [-0.15, -0.1) is 0 Å². The van der Waals surface area contributed by atoms with Gasteiger partial charge >= 0.3 is 0 Å². The highest BCUT2D eigenvalue weighted by atomic mass is 16.7. The third-order valence-corrected chi connectivity index (χ3v) is 1.23. The van der Waals surface area contributed by atoms with Gasteiger partial charge in [-0.3, -0.25) is 0 Å². The van der Waals surface area contributed by atoms with Crippen molar-refractivity contribution in [2.75, 3.05) is 13.2 Å². The van der Waals surface area contributed by atoms with Gasteiger partial charge in [0.1, 0.15) is 0 Å². The van der Waals surface area contributed by atoms with E-state index in [4.69, 9.17) is 9.47 Å². The van der Waals surface area contributed by atoms with Gasteiger partial charge in [-0.05, 0) is 26.8 Å². The van der Waals surface area contributed by atoms with Crippen molar-refractivity contribution in [2.24, 2.45) is 0 Å². The standard InChI is InChI=1S/C10H18O2/c1-4-7-8-9-10(11-5-2)12-6-3/h4,7-10H,5-6H2,1-3H3/b7-4+,9-8+. The topological polar surface area (TPSA) is 18.5 Å². The summed E-state index contributed by atoms with van der Waals surface area (Å²) in [7, 11) is 0. The predicted octanol–water partition coefficient (Wildman–Crippen LogP) is 2.52. The van der Waals surface area contributed by atoms with E-state index in [9.17, 15) is 0 Å². The molecule has 0 aliphatic rings. The highest BCUT2D eigenvalue weighted by molar-refractivity contribution is 5.02. The molecule has 0 aliphatic carbocycles. The Bertz CT molecular complexity index is 133. The highest BCUT2D eigenvalue weighted by Crippen LogP contribution is 1.97. The van der Waals surface area contributed by atoms with Gasteiger partial charge in [0.15, 0.2) is 6.29 Å². The van der Waals surface area contributed by atoms with Gasteiger partial charge in [-0.2, -0.15) is 0 Å². The summed E-state index contributed by atoms with van der Waals surface area (Å²) in [5.41, 5.74) is 0.